The molecule has 1 atom stereocenters. The summed E-state index contributed by atoms with van der Waals surface area (Å²) in [5.74, 6) is -0.694. The van der Waals surface area contributed by atoms with E-state index in [1.54, 1.807) is 4.90 Å². The van der Waals surface area contributed by atoms with Crippen molar-refractivity contribution in [3.05, 3.63) is 30.1 Å². The molecule has 1 saturated heterocycles. The van der Waals surface area contributed by atoms with E-state index >= 15 is 0 Å². The third kappa shape index (κ3) is 3.64. The van der Waals surface area contributed by atoms with Crippen molar-refractivity contribution in [3.63, 3.8) is 0 Å². The van der Waals surface area contributed by atoms with Crippen LogP contribution in [0.1, 0.15) is 26.2 Å². The molecule has 0 N–H and O–H groups in total. The lowest BCUT2D eigenvalue weighted by molar-refractivity contribution is -0.134. The van der Waals surface area contributed by atoms with Crippen LogP contribution in [0, 0.1) is 5.82 Å². The van der Waals surface area contributed by atoms with Crippen LogP contribution in [-0.4, -0.2) is 49.7 Å². The molecule has 122 valence electrons. The zero-order valence-electron chi connectivity index (χ0n) is 12.8. The summed E-state index contributed by atoms with van der Waals surface area (Å²) in [4.78, 5) is 14.0. The number of halogens is 1. The van der Waals surface area contributed by atoms with Gasteiger partial charge in [0.05, 0.1) is 11.4 Å². The van der Waals surface area contributed by atoms with Gasteiger partial charge in [0.1, 0.15) is 5.82 Å². The second kappa shape index (κ2) is 6.75. The van der Waals surface area contributed by atoms with E-state index in [0.717, 1.165) is 35.7 Å². The van der Waals surface area contributed by atoms with Gasteiger partial charge in [-0.2, -0.15) is 4.31 Å². The summed E-state index contributed by atoms with van der Waals surface area (Å²) in [6.45, 7) is 2.44. The first-order chi connectivity index (χ1) is 10.3. The topological polar surface area (TPSA) is 57.7 Å². The van der Waals surface area contributed by atoms with E-state index in [0.29, 0.717) is 6.54 Å². The van der Waals surface area contributed by atoms with Gasteiger partial charge in [0, 0.05) is 19.6 Å². The largest absolute Gasteiger partial charge is 0.339 e. The molecule has 5 nitrogen and oxygen atoms in total. The molecule has 0 saturated carbocycles. The summed E-state index contributed by atoms with van der Waals surface area (Å²) >= 11 is 0. The third-order valence-electron chi connectivity index (χ3n) is 4.00. The molecule has 0 aromatic heterocycles. The Hall–Kier alpha value is -1.47. The first-order valence-corrected chi connectivity index (χ1v) is 8.78. The van der Waals surface area contributed by atoms with E-state index in [-0.39, 0.29) is 23.4 Å². The van der Waals surface area contributed by atoms with Crippen LogP contribution in [0.2, 0.25) is 0 Å². The number of carbonyl (C=O) groups excluding carboxylic acids is 1. The van der Waals surface area contributed by atoms with E-state index in [1.165, 1.54) is 19.2 Å². The van der Waals surface area contributed by atoms with Crippen molar-refractivity contribution >= 4 is 15.9 Å². The first-order valence-electron chi connectivity index (χ1n) is 7.34. The first kappa shape index (κ1) is 16.9. The van der Waals surface area contributed by atoms with E-state index < -0.39 is 15.8 Å². The lowest BCUT2D eigenvalue weighted by atomic mass is 10.0. The highest BCUT2D eigenvalue weighted by Gasteiger charge is 2.28. The molecule has 1 heterocycles. The van der Waals surface area contributed by atoms with Gasteiger partial charge in [0.15, 0.2) is 0 Å². The number of amides is 1. The number of piperidine rings is 1. The normalized spacial score (nSPS) is 19.5. The SMILES string of the molecule is CC1CCCCN1C(=O)CN(C)S(=O)(=O)c1ccc(F)cc1. The molecule has 1 amide bonds. The van der Waals surface area contributed by atoms with Crippen LogP contribution in [0.15, 0.2) is 29.2 Å². The quantitative estimate of drug-likeness (QED) is 0.847. The number of hydrogen-bond donors (Lipinski definition) is 0. The number of rotatable bonds is 4. The van der Waals surface area contributed by atoms with Gasteiger partial charge in [-0.15, -0.1) is 0 Å². The predicted octanol–water partition coefficient (Wildman–Crippen LogP) is 1.85. The number of benzene rings is 1. The molecule has 0 radical (unpaired) electrons. The molecule has 2 rings (SSSR count). The Balaban J connectivity index is 2.08. The van der Waals surface area contributed by atoms with Crippen molar-refractivity contribution in [2.24, 2.45) is 0 Å². The standard InChI is InChI=1S/C15H21FN2O3S/c1-12-5-3-4-10-18(12)15(19)11-17(2)22(20,21)14-8-6-13(16)7-9-14/h6-9,12H,3-5,10-11H2,1-2H3. The van der Waals surface area contributed by atoms with Gasteiger partial charge < -0.3 is 4.90 Å². The molecule has 1 fully saturated rings. The predicted molar refractivity (Wildman–Crippen MR) is 81.2 cm³/mol. The molecule has 0 spiro atoms. The Morgan fingerprint density at radius 3 is 2.55 bits per heavy atom. The maximum absolute atomic E-state index is 12.9. The van der Waals surface area contributed by atoms with Crippen LogP contribution < -0.4 is 0 Å². The average Bonchev–Trinajstić information content (AvgIpc) is 2.48. The molecule has 1 aliphatic rings. The Labute approximate surface area is 130 Å². The smallest absolute Gasteiger partial charge is 0.243 e. The summed E-state index contributed by atoms with van der Waals surface area (Å²) in [5, 5.41) is 0. The van der Waals surface area contributed by atoms with Gasteiger partial charge in [0.2, 0.25) is 15.9 Å². The second-order valence-electron chi connectivity index (χ2n) is 5.65. The number of nitrogens with zero attached hydrogens (tertiary/aromatic N) is 2. The fraction of sp³-hybridized carbons (Fsp3) is 0.533. The van der Waals surface area contributed by atoms with Crippen molar-refractivity contribution in [2.75, 3.05) is 20.1 Å². The van der Waals surface area contributed by atoms with Crippen LogP contribution >= 0.6 is 0 Å². The maximum atomic E-state index is 12.9. The van der Waals surface area contributed by atoms with Crippen LogP contribution in [0.4, 0.5) is 4.39 Å². The summed E-state index contributed by atoms with van der Waals surface area (Å²) in [6, 6.07) is 4.73. The Morgan fingerprint density at radius 1 is 1.32 bits per heavy atom. The third-order valence-corrected chi connectivity index (χ3v) is 5.82. The monoisotopic (exact) mass is 328 g/mol. The molecule has 0 aliphatic carbocycles. The van der Waals surface area contributed by atoms with Crippen molar-refractivity contribution < 1.29 is 17.6 Å². The van der Waals surface area contributed by atoms with Gasteiger partial charge in [-0.25, -0.2) is 12.8 Å². The fourth-order valence-electron chi connectivity index (χ4n) is 2.62. The van der Waals surface area contributed by atoms with Crippen molar-refractivity contribution in [2.45, 2.75) is 37.1 Å². The van der Waals surface area contributed by atoms with Gasteiger partial charge >= 0.3 is 0 Å². The number of sulfonamides is 1. The highest BCUT2D eigenvalue weighted by molar-refractivity contribution is 7.89. The van der Waals surface area contributed by atoms with Crippen LogP contribution in [0.25, 0.3) is 0 Å². The molecule has 1 aliphatic heterocycles. The molecule has 0 bridgehead atoms. The van der Waals surface area contributed by atoms with Crippen molar-refractivity contribution in [1.82, 2.24) is 9.21 Å². The minimum atomic E-state index is -3.79. The molecule has 1 unspecified atom stereocenters. The summed E-state index contributed by atoms with van der Waals surface area (Å²) < 4.78 is 38.7. The van der Waals surface area contributed by atoms with Crippen LogP contribution in [-0.2, 0) is 14.8 Å². The lowest BCUT2D eigenvalue weighted by Crippen LogP contribution is -2.47. The molecular formula is C15H21FN2O3S. The fourth-order valence-corrected chi connectivity index (χ4v) is 3.74. The molecule has 7 heteroatoms. The number of carbonyl (C=O) groups is 1. The van der Waals surface area contributed by atoms with Crippen LogP contribution in [0.3, 0.4) is 0 Å². The number of likely N-dealkylation sites (tertiary alicyclic amines) is 1. The van der Waals surface area contributed by atoms with E-state index in [4.69, 9.17) is 0 Å². The number of hydrogen-bond acceptors (Lipinski definition) is 3. The minimum absolute atomic E-state index is 0.0177. The zero-order valence-corrected chi connectivity index (χ0v) is 13.6. The second-order valence-corrected chi connectivity index (χ2v) is 7.69. The number of likely N-dealkylation sites (N-methyl/N-ethyl adjacent to an activating group) is 1. The molecule has 1 aromatic carbocycles. The Bertz CT molecular complexity index is 631. The van der Waals surface area contributed by atoms with Gasteiger partial charge in [-0.1, -0.05) is 0 Å². The minimum Gasteiger partial charge on any atom is -0.339 e. The highest BCUT2D eigenvalue weighted by atomic mass is 32.2. The van der Waals surface area contributed by atoms with Crippen molar-refractivity contribution in [1.29, 1.82) is 0 Å². The summed E-state index contributed by atoms with van der Waals surface area (Å²) in [6.07, 6.45) is 2.99. The molecule has 1 aromatic rings. The lowest BCUT2D eigenvalue weighted by Gasteiger charge is -2.34. The van der Waals surface area contributed by atoms with Crippen molar-refractivity contribution in [3.8, 4) is 0 Å². The van der Waals surface area contributed by atoms with Gasteiger partial charge in [0.25, 0.3) is 0 Å². The van der Waals surface area contributed by atoms with Crippen LogP contribution in [0.5, 0.6) is 0 Å². The van der Waals surface area contributed by atoms with E-state index in [1.807, 2.05) is 6.92 Å². The Morgan fingerprint density at radius 2 is 1.95 bits per heavy atom. The average molecular weight is 328 g/mol. The maximum Gasteiger partial charge on any atom is 0.243 e. The summed E-state index contributed by atoms with van der Waals surface area (Å²) in [5.41, 5.74) is 0. The summed E-state index contributed by atoms with van der Waals surface area (Å²) in [7, 11) is -2.42. The highest BCUT2D eigenvalue weighted by Crippen LogP contribution is 2.18. The molecule has 22 heavy (non-hydrogen) atoms. The van der Waals surface area contributed by atoms with E-state index in [9.17, 15) is 17.6 Å². The van der Waals surface area contributed by atoms with Gasteiger partial charge in [-0.05, 0) is 50.5 Å². The zero-order chi connectivity index (χ0) is 16.3. The van der Waals surface area contributed by atoms with Gasteiger partial charge in [-0.3, -0.25) is 4.79 Å². The van der Waals surface area contributed by atoms with E-state index in [2.05, 4.69) is 0 Å². The molecular weight excluding hydrogens is 307 g/mol. The Kier molecular flexibility index (Phi) is 5.18.